The van der Waals surface area contributed by atoms with E-state index in [0.29, 0.717) is 18.9 Å². The lowest BCUT2D eigenvalue weighted by atomic mass is 9.79. The normalized spacial score (nSPS) is 27.4. The molecule has 0 spiro atoms. The minimum atomic E-state index is -0.705. The predicted molar refractivity (Wildman–Crippen MR) is 74.5 cm³/mol. The van der Waals surface area contributed by atoms with E-state index in [1.807, 2.05) is 0 Å². The highest BCUT2D eigenvalue weighted by atomic mass is 16.6. The van der Waals surface area contributed by atoms with Gasteiger partial charge in [-0.25, -0.2) is 4.79 Å². The molecule has 1 heterocycles. The van der Waals surface area contributed by atoms with Gasteiger partial charge in [-0.05, 0) is 40.0 Å². The fourth-order valence-corrected chi connectivity index (χ4v) is 2.36. The highest BCUT2D eigenvalue weighted by molar-refractivity contribution is 5.95. The monoisotopic (exact) mass is 283 g/mol. The molecular formula is C15H25NO4. The Morgan fingerprint density at radius 2 is 2.00 bits per heavy atom. The molecule has 0 unspecified atom stereocenters. The maximum atomic E-state index is 12.4. The van der Waals surface area contributed by atoms with Gasteiger partial charge in [-0.2, -0.15) is 0 Å². The third-order valence-electron chi connectivity index (χ3n) is 3.90. The minimum Gasteiger partial charge on any atom is -0.444 e. The zero-order valence-corrected chi connectivity index (χ0v) is 12.8. The van der Waals surface area contributed by atoms with Crippen molar-refractivity contribution in [3.8, 4) is 0 Å². The highest BCUT2D eigenvalue weighted by Crippen LogP contribution is 2.34. The van der Waals surface area contributed by atoms with Gasteiger partial charge in [-0.15, -0.1) is 0 Å². The third kappa shape index (κ3) is 3.95. The quantitative estimate of drug-likeness (QED) is 0.787. The Morgan fingerprint density at radius 1 is 1.40 bits per heavy atom. The second kappa shape index (κ2) is 5.35. The lowest BCUT2D eigenvalue weighted by Gasteiger charge is -2.30. The van der Waals surface area contributed by atoms with E-state index in [2.05, 4.69) is 5.32 Å². The fraction of sp³-hybridized carbons (Fsp3) is 0.867. The second-order valence-electron chi connectivity index (χ2n) is 7.12. The summed E-state index contributed by atoms with van der Waals surface area (Å²) >= 11 is 0. The molecule has 5 heteroatoms. The van der Waals surface area contributed by atoms with Gasteiger partial charge < -0.3 is 14.8 Å². The number of carbonyl (C=O) groups excluding carboxylic acids is 2. The molecule has 1 aliphatic carbocycles. The highest BCUT2D eigenvalue weighted by Gasteiger charge is 2.50. The molecule has 1 saturated carbocycles. The fourth-order valence-electron chi connectivity index (χ4n) is 2.36. The summed E-state index contributed by atoms with van der Waals surface area (Å²) < 4.78 is 10.5. The van der Waals surface area contributed by atoms with Gasteiger partial charge in [0.05, 0.1) is 12.6 Å². The Kier molecular flexibility index (Phi) is 4.09. The van der Waals surface area contributed by atoms with Crippen LogP contribution in [0.3, 0.4) is 0 Å². The van der Waals surface area contributed by atoms with Crippen LogP contribution < -0.4 is 5.32 Å². The van der Waals surface area contributed by atoms with Crippen LogP contribution in [0.2, 0.25) is 0 Å². The summed E-state index contributed by atoms with van der Waals surface area (Å²) in [6, 6.07) is -0.498. The van der Waals surface area contributed by atoms with Crippen LogP contribution in [0.15, 0.2) is 0 Å². The van der Waals surface area contributed by atoms with Gasteiger partial charge in [0.1, 0.15) is 11.2 Å². The lowest BCUT2D eigenvalue weighted by molar-refractivity contribution is -0.126. The number of hydrogen-bond acceptors (Lipinski definition) is 4. The first-order valence-corrected chi connectivity index (χ1v) is 7.37. The van der Waals surface area contributed by atoms with Gasteiger partial charge >= 0.3 is 6.09 Å². The molecule has 0 bridgehead atoms. The molecule has 5 nitrogen and oxygen atoms in total. The van der Waals surface area contributed by atoms with E-state index < -0.39 is 23.3 Å². The molecule has 1 amide bonds. The number of amides is 1. The van der Waals surface area contributed by atoms with Crippen molar-refractivity contribution in [2.24, 2.45) is 5.92 Å². The van der Waals surface area contributed by atoms with Crippen molar-refractivity contribution < 1.29 is 19.1 Å². The maximum Gasteiger partial charge on any atom is 0.408 e. The van der Waals surface area contributed by atoms with E-state index in [1.54, 1.807) is 27.7 Å². The summed E-state index contributed by atoms with van der Waals surface area (Å²) in [5, 5.41) is 2.73. The van der Waals surface area contributed by atoms with Crippen molar-refractivity contribution in [2.45, 2.75) is 70.6 Å². The molecule has 0 aromatic carbocycles. The van der Waals surface area contributed by atoms with Gasteiger partial charge in [-0.3, -0.25) is 4.79 Å². The molecular weight excluding hydrogens is 258 g/mol. The lowest BCUT2D eigenvalue weighted by Crippen LogP contribution is -2.48. The third-order valence-corrected chi connectivity index (χ3v) is 3.90. The van der Waals surface area contributed by atoms with Gasteiger partial charge in [0, 0.05) is 0 Å². The van der Waals surface area contributed by atoms with Crippen LogP contribution in [0.25, 0.3) is 0 Å². The Bertz CT molecular complexity index is 391. The average Bonchev–Trinajstić information content (AvgIpc) is 2.97. The molecule has 1 N–H and O–H groups in total. The van der Waals surface area contributed by atoms with E-state index in [9.17, 15) is 9.59 Å². The van der Waals surface area contributed by atoms with Crippen molar-refractivity contribution in [3.05, 3.63) is 0 Å². The molecule has 0 radical (unpaired) electrons. The predicted octanol–water partition coefficient (Wildman–Crippen LogP) is 2.43. The Labute approximate surface area is 120 Å². The minimum absolute atomic E-state index is 0.0322. The number of epoxide rings is 1. The maximum absolute atomic E-state index is 12.4. The number of carbonyl (C=O) groups is 2. The van der Waals surface area contributed by atoms with E-state index in [-0.39, 0.29) is 5.78 Å². The summed E-state index contributed by atoms with van der Waals surface area (Å²) in [6.45, 7) is 7.64. The van der Waals surface area contributed by atoms with Crippen LogP contribution in [0, 0.1) is 5.92 Å². The van der Waals surface area contributed by atoms with Crippen molar-refractivity contribution in [3.63, 3.8) is 0 Å². The smallest absolute Gasteiger partial charge is 0.408 e. The SMILES string of the molecule is CC(C)(C)OC(=O)N[C@@H](CC1CCC1)C(=O)[C@@]1(C)CO1. The molecule has 2 aliphatic rings. The van der Waals surface area contributed by atoms with Crippen LogP contribution >= 0.6 is 0 Å². The number of Topliss-reactive ketones (excluding diaryl/α,β-unsaturated/α-hetero) is 1. The largest absolute Gasteiger partial charge is 0.444 e. The number of alkyl carbamates (subject to hydrolysis) is 1. The molecule has 2 fully saturated rings. The van der Waals surface area contributed by atoms with E-state index in [4.69, 9.17) is 9.47 Å². The topological polar surface area (TPSA) is 67.9 Å². The van der Waals surface area contributed by atoms with Crippen LogP contribution in [0.1, 0.15) is 53.4 Å². The molecule has 0 aromatic rings. The van der Waals surface area contributed by atoms with E-state index in [1.165, 1.54) is 6.42 Å². The molecule has 0 aromatic heterocycles. The first kappa shape index (κ1) is 15.3. The number of nitrogens with one attached hydrogen (secondary N) is 1. The summed E-state index contributed by atoms with van der Waals surface area (Å²) in [4.78, 5) is 24.3. The van der Waals surface area contributed by atoms with Crippen molar-refractivity contribution in [1.29, 1.82) is 0 Å². The summed E-state index contributed by atoms with van der Waals surface area (Å²) in [6.07, 6.45) is 3.65. The van der Waals surface area contributed by atoms with Gasteiger partial charge in [0.15, 0.2) is 5.78 Å². The first-order chi connectivity index (χ1) is 9.20. The number of hydrogen-bond donors (Lipinski definition) is 1. The Morgan fingerprint density at radius 3 is 2.40 bits per heavy atom. The standard InChI is InChI=1S/C15H25NO4/c1-14(2,3)20-13(18)16-11(8-10-6-5-7-10)12(17)15(4)9-19-15/h10-11H,5-9H2,1-4H3,(H,16,18)/t11-,15+/m0/s1. The van der Waals surface area contributed by atoms with E-state index in [0.717, 1.165) is 12.8 Å². The van der Waals surface area contributed by atoms with Gasteiger partial charge in [0.25, 0.3) is 0 Å². The molecule has 1 saturated heterocycles. The second-order valence-corrected chi connectivity index (χ2v) is 7.12. The first-order valence-electron chi connectivity index (χ1n) is 7.37. The molecule has 114 valence electrons. The van der Waals surface area contributed by atoms with Crippen LogP contribution in [-0.2, 0) is 14.3 Å². The van der Waals surface area contributed by atoms with Crippen LogP contribution in [0.5, 0.6) is 0 Å². The van der Waals surface area contributed by atoms with Gasteiger partial charge in [-0.1, -0.05) is 19.3 Å². The Hall–Kier alpha value is -1.10. The molecule has 2 atom stereocenters. The number of ketones is 1. The zero-order valence-electron chi connectivity index (χ0n) is 12.8. The van der Waals surface area contributed by atoms with Crippen LogP contribution in [-0.4, -0.2) is 35.7 Å². The zero-order chi connectivity index (χ0) is 15.0. The van der Waals surface area contributed by atoms with Gasteiger partial charge in [0.2, 0.25) is 0 Å². The van der Waals surface area contributed by atoms with Crippen molar-refractivity contribution in [2.75, 3.05) is 6.61 Å². The number of ether oxygens (including phenoxy) is 2. The van der Waals surface area contributed by atoms with Crippen LogP contribution in [0.4, 0.5) is 4.79 Å². The number of rotatable bonds is 5. The molecule has 20 heavy (non-hydrogen) atoms. The average molecular weight is 283 g/mol. The summed E-state index contributed by atoms with van der Waals surface area (Å²) in [5.41, 5.74) is -1.27. The van der Waals surface area contributed by atoms with E-state index >= 15 is 0 Å². The van der Waals surface area contributed by atoms with Crippen molar-refractivity contribution >= 4 is 11.9 Å². The molecule has 2 rings (SSSR count). The molecule has 1 aliphatic heterocycles. The summed E-state index contributed by atoms with van der Waals surface area (Å²) in [7, 11) is 0. The van der Waals surface area contributed by atoms with Crippen molar-refractivity contribution in [1.82, 2.24) is 5.32 Å². The summed E-state index contributed by atoms with van der Waals surface area (Å²) in [5.74, 6) is 0.497. The Balaban J connectivity index is 1.94.